The summed E-state index contributed by atoms with van der Waals surface area (Å²) in [6.07, 6.45) is -3.55. The quantitative estimate of drug-likeness (QED) is 0.822. The highest BCUT2D eigenvalue weighted by Crippen LogP contribution is 2.33. The van der Waals surface area contributed by atoms with Crippen LogP contribution in [0.5, 0.6) is 5.75 Å². The summed E-state index contributed by atoms with van der Waals surface area (Å²) in [5, 5.41) is 3.01. The van der Waals surface area contributed by atoms with E-state index in [9.17, 15) is 13.2 Å². The number of likely N-dealkylation sites (tertiary alicyclic amines) is 1. The predicted molar refractivity (Wildman–Crippen MR) is 94.6 cm³/mol. The number of nitrogen functional groups attached to an aromatic ring is 1. The van der Waals surface area contributed by atoms with Crippen LogP contribution in [-0.2, 0) is 6.54 Å². The molecule has 0 aliphatic carbocycles. The van der Waals surface area contributed by atoms with Gasteiger partial charge in [0.2, 0.25) is 11.9 Å². The van der Waals surface area contributed by atoms with Crippen LogP contribution >= 0.6 is 0 Å². The third-order valence-corrected chi connectivity index (χ3v) is 4.39. The number of methoxy groups -OCH3 is 1. The molecule has 27 heavy (non-hydrogen) atoms. The Morgan fingerprint density at radius 2 is 2.04 bits per heavy atom. The largest absolute Gasteiger partial charge is 0.495 e. The van der Waals surface area contributed by atoms with E-state index in [2.05, 4.69) is 20.3 Å². The van der Waals surface area contributed by atoms with Gasteiger partial charge < -0.3 is 15.8 Å². The molecule has 0 radical (unpaired) electrons. The van der Waals surface area contributed by atoms with Gasteiger partial charge in [-0.2, -0.15) is 28.1 Å². The molecule has 1 aliphatic rings. The molecule has 1 aliphatic heterocycles. The van der Waals surface area contributed by atoms with Crippen molar-refractivity contribution < 1.29 is 17.9 Å². The van der Waals surface area contributed by atoms with Gasteiger partial charge in [0.25, 0.3) is 0 Å². The highest BCUT2D eigenvalue weighted by molar-refractivity contribution is 5.62. The van der Waals surface area contributed by atoms with Gasteiger partial charge in [-0.1, -0.05) is 12.1 Å². The van der Waals surface area contributed by atoms with Crippen LogP contribution in [-0.4, -0.2) is 46.2 Å². The molecule has 0 unspecified atom stereocenters. The molecule has 10 heteroatoms. The molecule has 7 nitrogen and oxygen atoms in total. The van der Waals surface area contributed by atoms with Crippen LogP contribution in [0.4, 0.5) is 30.8 Å². The summed E-state index contributed by atoms with van der Waals surface area (Å²) in [6, 6.07) is 7.21. The van der Waals surface area contributed by atoms with Crippen LogP contribution in [0.3, 0.4) is 0 Å². The Morgan fingerprint density at radius 3 is 2.78 bits per heavy atom. The number of aromatic nitrogens is 3. The van der Waals surface area contributed by atoms with Crippen molar-refractivity contribution in [3.63, 3.8) is 0 Å². The predicted octanol–water partition coefficient (Wildman–Crippen LogP) is 2.98. The number of rotatable bonds is 5. The molecule has 0 amide bonds. The van der Waals surface area contributed by atoms with E-state index in [1.54, 1.807) is 24.1 Å². The van der Waals surface area contributed by atoms with E-state index in [1.165, 1.54) is 0 Å². The molecular weight excluding hydrogens is 361 g/mol. The Labute approximate surface area is 154 Å². The minimum absolute atomic E-state index is 0.00165. The number of para-hydroxylation sites is 2. The van der Waals surface area contributed by atoms with Crippen LogP contribution in [0.2, 0.25) is 0 Å². The zero-order chi connectivity index (χ0) is 19.4. The first kappa shape index (κ1) is 19.2. The number of benzene rings is 1. The number of piperidine rings is 1. The average molecular weight is 382 g/mol. The van der Waals surface area contributed by atoms with E-state index < -0.39 is 12.1 Å². The van der Waals surface area contributed by atoms with Gasteiger partial charge in [-0.05, 0) is 31.5 Å². The number of nitrogens with two attached hydrogens (primary N) is 1. The Hall–Kier alpha value is -2.62. The first-order valence-electron chi connectivity index (χ1n) is 8.54. The lowest BCUT2D eigenvalue weighted by Gasteiger charge is -2.33. The lowest BCUT2D eigenvalue weighted by atomic mass is 9.97. The molecule has 1 saturated heterocycles. The number of halogens is 3. The van der Waals surface area contributed by atoms with Crippen LogP contribution in [0.25, 0.3) is 0 Å². The summed E-state index contributed by atoms with van der Waals surface area (Å²) in [7, 11) is 1.54. The SMILES string of the molecule is COc1ccccc1Nc1nc(N)nc(CN2CCC[C@H](C(F)(F)F)C2)n1. The van der Waals surface area contributed by atoms with Gasteiger partial charge >= 0.3 is 6.18 Å². The maximum Gasteiger partial charge on any atom is 0.393 e. The number of hydrogen-bond acceptors (Lipinski definition) is 7. The highest BCUT2D eigenvalue weighted by atomic mass is 19.4. The monoisotopic (exact) mass is 382 g/mol. The Bertz CT molecular complexity index is 786. The molecule has 3 rings (SSSR count). The van der Waals surface area contributed by atoms with E-state index in [1.807, 2.05) is 12.1 Å². The molecule has 1 aromatic carbocycles. The molecule has 1 aromatic heterocycles. The standard InChI is InChI=1S/C17H21F3N6O/c1-27-13-7-3-2-6-12(13)22-16-24-14(23-15(21)25-16)10-26-8-4-5-11(9-26)17(18,19)20/h2-3,6-7,11H,4-5,8-10H2,1H3,(H3,21,22,23,24,25)/t11-/m0/s1. The maximum absolute atomic E-state index is 13.0. The van der Waals surface area contributed by atoms with Gasteiger partial charge in [-0.15, -0.1) is 0 Å². The van der Waals surface area contributed by atoms with Crippen LogP contribution < -0.4 is 15.8 Å². The van der Waals surface area contributed by atoms with Gasteiger partial charge in [0.1, 0.15) is 11.6 Å². The lowest BCUT2D eigenvalue weighted by Crippen LogP contribution is -2.41. The molecule has 0 saturated carbocycles. The molecule has 1 fully saturated rings. The molecule has 0 bridgehead atoms. The van der Waals surface area contributed by atoms with Gasteiger partial charge in [-0.3, -0.25) is 4.90 Å². The normalized spacial score (nSPS) is 18.3. The third kappa shape index (κ3) is 4.97. The molecule has 2 aromatic rings. The molecule has 146 valence electrons. The molecule has 0 spiro atoms. The second-order valence-electron chi connectivity index (χ2n) is 6.37. The van der Waals surface area contributed by atoms with Gasteiger partial charge in [-0.25, -0.2) is 0 Å². The van der Waals surface area contributed by atoms with Crippen molar-refractivity contribution in [2.45, 2.75) is 25.6 Å². The fourth-order valence-electron chi connectivity index (χ4n) is 3.10. The number of nitrogens with one attached hydrogen (secondary N) is 1. The van der Waals surface area contributed by atoms with Gasteiger partial charge in [0, 0.05) is 6.54 Å². The lowest BCUT2D eigenvalue weighted by molar-refractivity contribution is -0.187. The number of nitrogens with zero attached hydrogens (tertiary/aromatic N) is 4. The van der Waals surface area contributed by atoms with Crippen molar-refractivity contribution in [2.75, 3.05) is 31.2 Å². The zero-order valence-corrected chi connectivity index (χ0v) is 14.8. The minimum atomic E-state index is -4.19. The second kappa shape index (κ2) is 7.95. The molecule has 1 atom stereocenters. The number of ether oxygens (including phenoxy) is 1. The van der Waals surface area contributed by atoms with E-state index in [-0.39, 0.29) is 31.4 Å². The third-order valence-electron chi connectivity index (χ3n) is 4.39. The van der Waals surface area contributed by atoms with Crippen LogP contribution in [0, 0.1) is 5.92 Å². The summed E-state index contributed by atoms with van der Waals surface area (Å²) < 4.78 is 44.2. The van der Waals surface area contributed by atoms with Crippen molar-refractivity contribution >= 4 is 17.6 Å². The maximum atomic E-state index is 13.0. The summed E-state index contributed by atoms with van der Waals surface area (Å²) in [6.45, 7) is 0.678. The first-order chi connectivity index (χ1) is 12.8. The van der Waals surface area contributed by atoms with Crippen LogP contribution in [0.1, 0.15) is 18.7 Å². The van der Waals surface area contributed by atoms with Crippen molar-refractivity contribution in [1.29, 1.82) is 0 Å². The van der Waals surface area contributed by atoms with Gasteiger partial charge in [0.15, 0.2) is 0 Å². The number of anilines is 3. The Morgan fingerprint density at radius 1 is 1.26 bits per heavy atom. The van der Waals surface area contributed by atoms with Crippen molar-refractivity contribution in [1.82, 2.24) is 19.9 Å². The van der Waals surface area contributed by atoms with E-state index in [4.69, 9.17) is 10.5 Å². The summed E-state index contributed by atoms with van der Waals surface area (Å²) in [5.41, 5.74) is 6.40. The summed E-state index contributed by atoms with van der Waals surface area (Å²) >= 11 is 0. The molecular formula is C17H21F3N6O. The molecule has 3 N–H and O–H groups in total. The number of hydrogen-bond donors (Lipinski definition) is 2. The van der Waals surface area contributed by atoms with E-state index in [0.29, 0.717) is 30.2 Å². The smallest absolute Gasteiger partial charge is 0.393 e. The average Bonchev–Trinajstić information content (AvgIpc) is 2.61. The Kier molecular flexibility index (Phi) is 5.64. The van der Waals surface area contributed by atoms with Crippen molar-refractivity contribution in [3.8, 4) is 5.75 Å². The number of alkyl halides is 3. The highest BCUT2D eigenvalue weighted by Gasteiger charge is 2.41. The van der Waals surface area contributed by atoms with Crippen molar-refractivity contribution in [3.05, 3.63) is 30.1 Å². The second-order valence-corrected chi connectivity index (χ2v) is 6.37. The fraction of sp³-hybridized carbons (Fsp3) is 0.471. The van der Waals surface area contributed by atoms with Crippen LogP contribution in [0.15, 0.2) is 24.3 Å². The summed E-state index contributed by atoms with van der Waals surface area (Å²) in [5.74, 6) is -0.186. The topological polar surface area (TPSA) is 89.2 Å². The minimum Gasteiger partial charge on any atom is -0.495 e. The van der Waals surface area contributed by atoms with Crippen molar-refractivity contribution in [2.24, 2.45) is 5.92 Å². The summed E-state index contributed by atoms with van der Waals surface area (Å²) in [4.78, 5) is 14.1. The fourth-order valence-corrected chi connectivity index (χ4v) is 3.10. The Balaban J connectivity index is 1.74. The van der Waals surface area contributed by atoms with E-state index in [0.717, 1.165) is 0 Å². The van der Waals surface area contributed by atoms with Gasteiger partial charge in [0.05, 0.1) is 25.3 Å². The van der Waals surface area contributed by atoms with E-state index >= 15 is 0 Å². The molecule has 2 heterocycles. The zero-order valence-electron chi connectivity index (χ0n) is 14.8. The first-order valence-corrected chi connectivity index (χ1v) is 8.54.